The van der Waals surface area contributed by atoms with Crippen molar-refractivity contribution in [1.82, 2.24) is 15.5 Å². The molecule has 0 aliphatic carbocycles. The topological polar surface area (TPSA) is 64.6 Å². The van der Waals surface area contributed by atoms with E-state index in [4.69, 9.17) is 0 Å². The van der Waals surface area contributed by atoms with Gasteiger partial charge in [0.15, 0.2) is 0 Å². The van der Waals surface area contributed by atoms with Crippen molar-refractivity contribution < 1.29 is 9.90 Å². The molecule has 0 saturated carbocycles. The van der Waals surface area contributed by atoms with Crippen LogP contribution < -0.4 is 10.6 Å². The minimum atomic E-state index is -0.381. The first-order valence-electron chi connectivity index (χ1n) is 7.48. The van der Waals surface area contributed by atoms with Crippen molar-refractivity contribution in [2.24, 2.45) is 5.92 Å². The van der Waals surface area contributed by atoms with E-state index < -0.39 is 0 Å². The van der Waals surface area contributed by atoms with Crippen molar-refractivity contribution in [2.75, 3.05) is 26.2 Å². The number of amides is 1. The highest BCUT2D eigenvalue weighted by Gasteiger charge is 2.29. The summed E-state index contributed by atoms with van der Waals surface area (Å²) < 4.78 is 0. The summed E-state index contributed by atoms with van der Waals surface area (Å²) in [5.74, 6) is 0.789. The molecule has 2 aliphatic rings. The van der Waals surface area contributed by atoms with E-state index in [1.54, 1.807) is 0 Å². The maximum atomic E-state index is 12.0. The standard InChI is InChI=1S/C14H27N3O2.2ClH/c1-10-4-3-5-17(8-10)9-11(2)16-14(19)13-6-12(18)7-15-13;;/h10-13,15,18H,3-9H2,1-2H3,(H,16,19);2*1H. The average Bonchev–Trinajstić information content (AvgIpc) is 2.75. The Kier molecular flexibility index (Phi) is 9.81. The molecule has 0 bridgehead atoms. The number of halogens is 2. The van der Waals surface area contributed by atoms with Crippen LogP contribution in [0.1, 0.15) is 33.1 Å². The second-order valence-electron chi connectivity index (χ2n) is 6.27. The van der Waals surface area contributed by atoms with Gasteiger partial charge in [0.25, 0.3) is 0 Å². The predicted molar refractivity (Wildman–Crippen MR) is 89.4 cm³/mol. The van der Waals surface area contributed by atoms with E-state index in [1.165, 1.54) is 12.8 Å². The van der Waals surface area contributed by atoms with Gasteiger partial charge in [0.1, 0.15) is 0 Å². The number of aliphatic hydroxyl groups excluding tert-OH is 1. The molecule has 0 aromatic heterocycles. The van der Waals surface area contributed by atoms with Crippen molar-refractivity contribution >= 4 is 30.7 Å². The van der Waals surface area contributed by atoms with Crippen molar-refractivity contribution in [3.05, 3.63) is 0 Å². The van der Waals surface area contributed by atoms with Crippen LogP contribution >= 0.6 is 24.8 Å². The highest BCUT2D eigenvalue weighted by atomic mass is 35.5. The molecule has 2 fully saturated rings. The first kappa shape index (κ1) is 20.9. The van der Waals surface area contributed by atoms with E-state index in [1.807, 2.05) is 0 Å². The van der Waals surface area contributed by atoms with Crippen LogP contribution in [0.4, 0.5) is 0 Å². The Bertz CT molecular complexity index is 321. The number of nitrogens with zero attached hydrogens (tertiary/aromatic N) is 1. The fraction of sp³-hybridized carbons (Fsp3) is 0.929. The van der Waals surface area contributed by atoms with Gasteiger partial charge in [-0.3, -0.25) is 4.79 Å². The SMILES string of the molecule is CC1CCCN(CC(C)NC(=O)C2CC(O)CN2)C1.Cl.Cl. The number of likely N-dealkylation sites (tertiary alicyclic amines) is 1. The second kappa shape index (κ2) is 9.85. The summed E-state index contributed by atoms with van der Waals surface area (Å²) in [5.41, 5.74) is 0. The fourth-order valence-electron chi connectivity index (χ4n) is 3.15. The molecular formula is C14H29Cl2N3O2. The van der Waals surface area contributed by atoms with E-state index in [0.29, 0.717) is 13.0 Å². The Morgan fingerprint density at radius 3 is 2.76 bits per heavy atom. The summed E-state index contributed by atoms with van der Waals surface area (Å²) in [4.78, 5) is 14.4. The molecule has 2 heterocycles. The van der Waals surface area contributed by atoms with Gasteiger partial charge in [-0.1, -0.05) is 6.92 Å². The highest BCUT2D eigenvalue weighted by Crippen LogP contribution is 2.15. The smallest absolute Gasteiger partial charge is 0.237 e. The average molecular weight is 342 g/mol. The van der Waals surface area contributed by atoms with Crippen LogP contribution in [0.2, 0.25) is 0 Å². The van der Waals surface area contributed by atoms with Crippen molar-refractivity contribution in [3.63, 3.8) is 0 Å². The zero-order valence-electron chi connectivity index (χ0n) is 12.9. The molecule has 4 atom stereocenters. The third kappa shape index (κ3) is 6.70. The summed E-state index contributed by atoms with van der Waals surface area (Å²) in [7, 11) is 0. The van der Waals surface area contributed by atoms with Crippen molar-refractivity contribution in [2.45, 2.75) is 51.3 Å². The summed E-state index contributed by atoms with van der Waals surface area (Å²) in [6.45, 7) is 8.08. The minimum Gasteiger partial charge on any atom is -0.392 e. The van der Waals surface area contributed by atoms with E-state index in [-0.39, 0.29) is 48.9 Å². The normalized spacial score (nSPS) is 30.9. The summed E-state index contributed by atoms with van der Waals surface area (Å²) >= 11 is 0. The highest BCUT2D eigenvalue weighted by molar-refractivity contribution is 5.85. The zero-order valence-corrected chi connectivity index (χ0v) is 14.5. The molecule has 2 rings (SSSR count). The third-order valence-corrected chi connectivity index (χ3v) is 4.09. The molecule has 4 unspecified atom stereocenters. The maximum Gasteiger partial charge on any atom is 0.237 e. The van der Waals surface area contributed by atoms with Gasteiger partial charge in [-0.15, -0.1) is 24.8 Å². The molecule has 2 aliphatic heterocycles. The Labute approximate surface area is 140 Å². The van der Waals surface area contributed by atoms with Gasteiger partial charge in [-0.25, -0.2) is 0 Å². The summed E-state index contributed by atoms with van der Waals surface area (Å²) in [6, 6.07) is -0.0601. The number of carbonyl (C=O) groups is 1. The first-order valence-corrected chi connectivity index (χ1v) is 7.48. The van der Waals surface area contributed by atoms with Crippen LogP contribution in [0.25, 0.3) is 0 Å². The number of piperidine rings is 1. The first-order chi connectivity index (χ1) is 9.04. The van der Waals surface area contributed by atoms with Gasteiger partial charge in [-0.05, 0) is 38.6 Å². The Balaban J connectivity index is 0.00000200. The number of hydrogen-bond acceptors (Lipinski definition) is 4. The van der Waals surface area contributed by atoms with Crippen molar-refractivity contribution in [3.8, 4) is 0 Å². The maximum absolute atomic E-state index is 12.0. The fourth-order valence-corrected chi connectivity index (χ4v) is 3.15. The van der Waals surface area contributed by atoms with E-state index in [2.05, 4.69) is 29.4 Å². The molecule has 3 N–H and O–H groups in total. The molecule has 0 aromatic carbocycles. The number of β-amino-alcohol motifs (C(OH)–C–C–N with tert-alkyl or cyclic N) is 1. The Morgan fingerprint density at radius 2 is 2.19 bits per heavy atom. The van der Waals surface area contributed by atoms with Crippen LogP contribution in [0.5, 0.6) is 0 Å². The lowest BCUT2D eigenvalue weighted by Gasteiger charge is -2.33. The lowest BCUT2D eigenvalue weighted by Crippen LogP contribution is -2.49. The van der Waals surface area contributed by atoms with Crippen LogP contribution in [0.15, 0.2) is 0 Å². The van der Waals surface area contributed by atoms with Gasteiger partial charge in [-0.2, -0.15) is 0 Å². The molecule has 5 nitrogen and oxygen atoms in total. The molecule has 0 spiro atoms. The number of aliphatic hydroxyl groups is 1. The minimum absolute atomic E-state index is 0. The lowest BCUT2D eigenvalue weighted by atomic mass is 10.00. The van der Waals surface area contributed by atoms with Crippen LogP contribution in [0, 0.1) is 5.92 Å². The van der Waals surface area contributed by atoms with Crippen LogP contribution in [-0.4, -0.2) is 60.3 Å². The predicted octanol–water partition coefficient (Wildman–Crippen LogP) is 0.789. The largest absolute Gasteiger partial charge is 0.392 e. The summed E-state index contributed by atoms with van der Waals surface area (Å²) in [6.07, 6.45) is 2.73. The Morgan fingerprint density at radius 1 is 1.48 bits per heavy atom. The number of nitrogens with one attached hydrogen (secondary N) is 2. The molecule has 7 heteroatoms. The summed E-state index contributed by atoms with van der Waals surface area (Å²) in [5, 5.41) is 15.5. The number of carbonyl (C=O) groups excluding carboxylic acids is 1. The van der Waals surface area contributed by atoms with Gasteiger partial charge in [0.05, 0.1) is 12.1 Å². The molecule has 1 amide bonds. The monoisotopic (exact) mass is 341 g/mol. The molecule has 0 aromatic rings. The molecular weight excluding hydrogens is 313 g/mol. The Hall–Kier alpha value is -0.0700. The van der Waals surface area contributed by atoms with E-state index in [9.17, 15) is 9.90 Å². The van der Waals surface area contributed by atoms with Gasteiger partial charge in [0, 0.05) is 25.7 Å². The van der Waals surface area contributed by atoms with Crippen molar-refractivity contribution in [1.29, 1.82) is 0 Å². The zero-order chi connectivity index (χ0) is 13.8. The van der Waals surface area contributed by atoms with E-state index in [0.717, 1.165) is 25.6 Å². The molecule has 2 saturated heterocycles. The number of hydrogen-bond donors (Lipinski definition) is 3. The van der Waals surface area contributed by atoms with Gasteiger partial charge in [0.2, 0.25) is 5.91 Å². The lowest BCUT2D eigenvalue weighted by molar-refractivity contribution is -0.123. The molecule has 0 radical (unpaired) electrons. The van der Waals surface area contributed by atoms with Crippen LogP contribution in [0.3, 0.4) is 0 Å². The molecule has 126 valence electrons. The van der Waals surface area contributed by atoms with E-state index >= 15 is 0 Å². The second-order valence-corrected chi connectivity index (χ2v) is 6.27. The quantitative estimate of drug-likeness (QED) is 0.707. The van der Waals surface area contributed by atoms with Gasteiger partial charge < -0.3 is 20.6 Å². The number of rotatable bonds is 4. The molecule has 21 heavy (non-hydrogen) atoms. The third-order valence-electron chi connectivity index (χ3n) is 4.09. The van der Waals surface area contributed by atoms with Gasteiger partial charge >= 0.3 is 0 Å². The van der Waals surface area contributed by atoms with Crippen LogP contribution in [-0.2, 0) is 4.79 Å².